The SMILES string of the molecule is Nc1ccc(Sc2ccc3cc(Cl)ccc3n2)cc1. The Bertz CT molecular complexity index is 726. The van der Waals surface area contributed by atoms with Crippen molar-refractivity contribution in [2.45, 2.75) is 9.92 Å². The lowest BCUT2D eigenvalue weighted by Gasteiger charge is -2.03. The Morgan fingerprint density at radius 3 is 2.53 bits per heavy atom. The van der Waals surface area contributed by atoms with Crippen molar-refractivity contribution in [3.05, 3.63) is 59.6 Å². The fourth-order valence-corrected chi connectivity index (χ4v) is 2.77. The van der Waals surface area contributed by atoms with E-state index in [-0.39, 0.29) is 0 Å². The largest absolute Gasteiger partial charge is 0.399 e. The van der Waals surface area contributed by atoms with Crippen LogP contribution in [0.15, 0.2) is 64.5 Å². The molecule has 0 fully saturated rings. The van der Waals surface area contributed by atoms with E-state index in [1.165, 1.54) is 0 Å². The molecule has 4 heteroatoms. The normalized spacial score (nSPS) is 10.8. The summed E-state index contributed by atoms with van der Waals surface area (Å²) >= 11 is 7.57. The number of nitrogen functional groups attached to an aromatic ring is 1. The first-order valence-electron chi connectivity index (χ1n) is 5.80. The molecule has 3 aromatic rings. The van der Waals surface area contributed by atoms with Gasteiger partial charge in [-0.25, -0.2) is 4.98 Å². The monoisotopic (exact) mass is 286 g/mol. The van der Waals surface area contributed by atoms with Gasteiger partial charge >= 0.3 is 0 Å². The lowest BCUT2D eigenvalue weighted by molar-refractivity contribution is 1.19. The molecule has 2 aromatic carbocycles. The fraction of sp³-hybridized carbons (Fsp3) is 0. The Kier molecular flexibility index (Phi) is 3.32. The predicted molar refractivity (Wildman–Crippen MR) is 81.7 cm³/mol. The summed E-state index contributed by atoms with van der Waals surface area (Å²) in [5.74, 6) is 0. The van der Waals surface area contributed by atoms with Gasteiger partial charge in [-0.3, -0.25) is 0 Å². The molecule has 0 aliphatic carbocycles. The lowest BCUT2D eigenvalue weighted by Crippen LogP contribution is -1.84. The zero-order valence-electron chi connectivity index (χ0n) is 10.0. The molecular formula is C15H11ClN2S. The average Bonchev–Trinajstić information content (AvgIpc) is 2.42. The van der Waals surface area contributed by atoms with Gasteiger partial charge < -0.3 is 5.73 Å². The van der Waals surface area contributed by atoms with E-state index in [2.05, 4.69) is 4.98 Å². The van der Waals surface area contributed by atoms with Crippen molar-refractivity contribution in [1.29, 1.82) is 0 Å². The van der Waals surface area contributed by atoms with Crippen molar-refractivity contribution < 1.29 is 0 Å². The maximum atomic E-state index is 5.96. The van der Waals surface area contributed by atoms with E-state index in [4.69, 9.17) is 17.3 Å². The molecule has 3 rings (SSSR count). The highest BCUT2D eigenvalue weighted by molar-refractivity contribution is 7.99. The number of hydrogen-bond donors (Lipinski definition) is 1. The number of pyridine rings is 1. The molecule has 0 atom stereocenters. The van der Waals surface area contributed by atoms with Crippen LogP contribution in [0.3, 0.4) is 0 Å². The van der Waals surface area contributed by atoms with Crippen LogP contribution in [0.1, 0.15) is 0 Å². The van der Waals surface area contributed by atoms with E-state index < -0.39 is 0 Å². The van der Waals surface area contributed by atoms with Gasteiger partial charge in [0.15, 0.2) is 0 Å². The summed E-state index contributed by atoms with van der Waals surface area (Å²) in [7, 11) is 0. The summed E-state index contributed by atoms with van der Waals surface area (Å²) in [6.07, 6.45) is 0. The summed E-state index contributed by atoms with van der Waals surface area (Å²) in [5, 5.41) is 2.74. The van der Waals surface area contributed by atoms with Crippen LogP contribution in [-0.2, 0) is 0 Å². The van der Waals surface area contributed by atoms with E-state index in [0.717, 1.165) is 31.5 Å². The maximum Gasteiger partial charge on any atom is 0.101 e. The zero-order chi connectivity index (χ0) is 13.2. The van der Waals surface area contributed by atoms with Crippen molar-refractivity contribution >= 4 is 40.0 Å². The molecule has 2 N–H and O–H groups in total. The minimum Gasteiger partial charge on any atom is -0.399 e. The third-order valence-electron chi connectivity index (χ3n) is 2.73. The van der Waals surface area contributed by atoms with E-state index in [0.29, 0.717) is 0 Å². The van der Waals surface area contributed by atoms with Gasteiger partial charge in [-0.05, 0) is 48.5 Å². The second kappa shape index (κ2) is 5.11. The Labute approximate surface area is 120 Å². The van der Waals surface area contributed by atoms with Crippen LogP contribution >= 0.6 is 23.4 Å². The zero-order valence-corrected chi connectivity index (χ0v) is 11.6. The third-order valence-corrected chi connectivity index (χ3v) is 3.91. The first-order chi connectivity index (χ1) is 9.20. The van der Waals surface area contributed by atoms with Crippen molar-refractivity contribution in [2.75, 3.05) is 5.73 Å². The molecule has 1 heterocycles. The van der Waals surface area contributed by atoms with Crippen molar-refractivity contribution in [2.24, 2.45) is 0 Å². The van der Waals surface area contributed by atoms with Crippen LogP contribution in [0.4, 0.5) is 5.69 Å². The fourth-order valence-electron chi connectivity index (χ4n) is 1.79. The van der Waals surface area contributed by atoms with Crippen LogP contribution in [0.5, 0.6) is 0 Å². The number of hydrogen-bond acceptors (Lipinski definition) is 3. The van der Waals surface area contributed by atoms with Crippen LogP contribution in [0.25, 0.3) is 10.9 Å². The highest BCUT2D eigenvalue weighted by Gasteiger charge is 2.02. The van der Waals surface area contributed by atoms with Crippen LogP contribution in [0.2, 0.25) is 5.02 Å². The van der Waals surface area contributed by atoms with Crippen molar-refractivity contribution in [1.82, 2.24) is 4.98 Å². The Hall–Kier alpha value is -1.71. The van der Waals surface area contributed by atoms with E-state index in [1.54, 1.807) is 11.8 Å². The molecule has 0 radical (unpaired) electrons. The summed E-state index contributed by atoms with van der Waals surface area (Å²) in [6, 6.07) is 17.5. The third kappa shape index (κ3) is 2.83. The van der Waals surface area contributed by atoms with E-state index in [1.807, 2.05) is 54.6 Å². The molecule has 1 aromatic heterocycles. The second-order valence-corrected chi connectivity index (χ2v) is 5.69. The number of benzene rings is 2. The molecule has 0 spiro atoms. The highest BCUT2D eigenvalue weighted by atomic mass is 35.5. The molecule has 0 aliphatic rings. The molecule has 0 amide bonds. The first kappa shape index (κ1) is 12.3. The van der Waals surface area contributed by atoms with Crippen LogP contribution in [-0.4, -0.2) is 4.98 Å². The van der Waals surface area contributed by atoms with Gasteiger partial charge in [0.05, 0.1) is 5.52 Å². The van der Waals surface area contributed by atoms with E-state index >= 15 is 0 Å². The smallest absolute Gasteiger partial charge is 0.101 e. The Balaban J connectivity index is 1.93. The topological polar surface area (TPSA) is 38.9 Å². The Morgan fingerprint density at radius 1 is 0.947 bits per heavy atom. The predicted octanol–water partition coefficient (Wildman–Crippen LogP) is 4.62. The number of rotatable bonds is 2. The Morgan fingerprint density at radius 2 is 1.74 bits per heavy atom. The average molecular weight is 287 g/mol. The molecular weight excluding hydrogens is 276 g/mol. The van der Waals surface area contributed by atoms with Gasteiger partial charge in [-0.15, -0.1) is 0 Å². The number of nitrogens with two attached hydrogens (primary N) is 1. The number of aromatic nitrogens is 1. The lowest BCUT2D eigenvalue weighted by atomic mass is 10.2. The number of nitrogens with zero attached hydrogens (tertiary/aromatic N) is 1. The summed E-state index contributed by atoms with van der Waals surface area (Å²) < 4.78 is 0. The maximum absolute atomic E-state index is 5.96. The van der Waals surface area contributed by atoms with Gasteiger partial charge in [0, 0.05) is 21.0 Å². The van der Waals surface area contributed by atoms with Crippen molar-refractivity contribution in [3.63, 3.8) is 0 Å². The van der Waals surface area contributed by atoms with Gasteiger partial charge in [-0.1, -0.05) is 29.4 Å². The molecule has 0 aliphatic heterocycles. The molecule has 94 valence electrons. The number of halogens is 1. The van der Waals surface area contributed by atoms with Crippen LogP contribution < -0.4 is 5.73 Å². The van der Waals surface area contributed by atoms with E-state index in [9.17, 15) is 0 Å². The van der Waals surface area contributed by atoms with Gasteiger partial charge in [0.1, 0.15) is 5.03 Å². The minimum atomic E-state index is 0.730. The van der Waals surface area contributed by atoms with Gasteiger partial charge in [0.25, 0.3) is 0 Å². The summed E-state index contributed by atoms with van der Waals surface area (Å²) in [5.41, 5.74) is 7.39. The highest BCUT2D eigenvalue weighted by Crippen LogP contribution is 2.28. The molecule has 0 unspecified atom stereocenters. The molecule has 0 bridgehead atoms. The number of fused-ring (bicyclic) bond motifs is 1. The summed E-state index contributed by atoms with van der Waals surface area (Å²) in [6.45, 7) is 0. The van der Waals surface area contributed by atoms with Gasteiger partial charge in [-0.2, -0.15) is 0 Å². The second-order valence-electron chi connectivity index (χ2n) is 4.16. The minimum absolute atomic E-state index is 0.730. The molecule has 19 heavy (non-hydrogen) atoms. The molecule has 0 saturated carbocycles. The summed E-state index contributed by atoms with van der Waals surface area (Å²) in [4.78, 5) is 5.73. The van der Waals surface area contributed by atoms with Crippen LogP contribution in [0, 0.1) is 0 Å². The quantitative estimate of drug-likeness (QED) is 0.699. The van der Waals surface area contributed by atoms with Crippen molar-refractivity contribution in [3.8, 4) is 0 Å². The first-order valence-corrected chi connectivity index (χ1v) is 7.00. The van der Waals surface area contributed by atoms with Gasteiger partial charge in [0.2, 0.25) is 0 Å². The number of anilines is 1. The standard InChI is InChI=1S/C15H11ClN2S/c16-11-2-7-14-10(9-11)1-8-15(18-14)19-13-5-3-12(17)4-6-13/h1-9H,17H2. The molecule has 2 nitrogen and oxygen atoms in total. The molecule has 0 saturated heterocycles.